The van der Waals surface area contributed by atoms with Gasteiger partial charge >= 0.3 is 0 Å². The number of nitrogens with zero attached hydrogens (tertiary/aromatic N) is 1. The third kappa shape index (κ3) is 2.31. The van der Waals surface area contributed by atoms with E-state index in [0.717, 1.165) is 22.8 Å². The molecule has 0 bridgehead atoms. The Hall–Kier alpha value is -2.03. The Bertz CT molecular complexity index is 509. The van der Waals surface area contributed by atoms with Crippen LogP contribution in [0.25, 0.3) is 0 Å². The molecule has 3 heteroatoms. The van der Waals surface area contributed by atoms with Crippen molar-refractivity contribution < 1.29 is 4.74 Å². The second kappa shape index (κ2) is 4.23. The predicted octanol–water partition coefficient (Wildman–Crippen LogP) is 3.41. The number of aromatic nitrogens is 1. The molecule has 0 unspecified atom stereocenters. The molecule has 2 rings (SSSR count). The smallest absolute Gasteiger partial charge is 0.130 e. The van der Waals surface area contributed by atoms with Crippen LogP contribution in [0, 0.1) is 13.8 Å². The third-order valence-corrected chi connectivity index (χ3v) is 2.27. The Morgan fingerprint density at radius 2 is 1.94 bits per heavy atom. The van der Waals surface area contributed by atoms with Gasteiger partial charge in [0.25, 0.3) is 0 Å². The van der Waals surface area contributed by atoms with Crippen molar-refractivity contribution in [3.63, 3.8) is 0 Å². The van der Waals surface area contributed by atoms with E-state index < -0.39 is 0 Å². The zero-order valence-corrected chi connectivity index (χ0v) is 9.32. The fourth-order valence-electron chi connectivity index (χ4n) is 1.47. The minimum Gasteiger partial charge on any atom is -0.457 e. The van der Waals surface area contributed by atoms with E-state index in [1.807, 2.05) is 32.0 Å². The molecular formula is C13H13N2O. The maximum absolute atomic E-state index is 7.48. The standard InChI is InChI=1S/C13H13N2O/c1-9-7-11(14)3-4-13(9)16-12-5-6-15-10(2)8-12/h3-8,14H,1-2H3. The van der Waals surface area contributed by atoms with Crippen LogP contribution in [-0.4, -0.2) is 4.98 Å². The summed E-state index contributed by atoms with van der Waals surface area (Å²) in [5.74, 6) is 1.55. The van der Waals surface area contributed by atoms with E-state index in [4.69, 9.17) is 10.5 Å². The van der Waals surface area contributed by atoms with Crippen LogP contribution >= 0.6 is 0 Å². The number of benzene rings is 1. The van der Waals surface area contributed by atoms with Crippen LogP contribution < -0.4 is 10.5 Å². The van der Waals surface area contributed by atoms with Crippen LogP contribution in [0.3, 0.4) is 0 Å². The second-order valence-corrected chi connectivity index (χ2v) is 3.72. The zero-order valence-electron chi connectivity index (χ0n) is 9.32. The molecule has 0 amide bonds. The Balaban J connectivity index is 2.27. The van der Waals surface area contributed by atoms with E-state index in [0.29, 0.717) is 5.69 Å². The molecule has 0 atom stereocenters. The van der Waals surface area contributed by atoms with E-state index in [1.165, 1.54) is 0 Å². The first-order valence-corrected chi connectivity index (χ1v) is 5.08. The van der Waals surface area contributed by atoms with Crippen LogP contribution in [0.15, 0.2) is 36.5 Å². The fourth-order valence-corrected chi connectivity index (χ4v) is 1.47. The molecule has 1 aromatic heterocycles. The topological polar surface area (TPSA) is 45.9 Å². The Kier molecular flexibility index (Phi) is 2.77. The monoisotopic (exact) mass is 213 g/mol. The summed E-state index contributed by atoms with van der Waals surface area (Å²) in [4.78, 5) is 4.11. The highest BCUT2D eigenvalue weighted by molar-refractivity contribution is 5.46. The van der Waals surface area contributed by atoms with Crippen molar-refractivity contribution in [2.75, 3.05) is 0 Å². The molecule has 0 spiro atoms. The molecule has 0 aliphatic rings. The molecule has 1 N–H and O–H groups in total. The van der Waals surface area contributed by atoms with Gasteiger partial charge in [-0.15, -0.1) is 0 Å². The van der Waals surface area contributed by atoms with Gasteiger partial charge in [-0.25, -0.2) is 0 Å². The molecule has 81 valence electrons. The van der Waals surface area contributed by atoms with Crippen molar-refractivity contribution in [2.45, 2.75) is 13.8 Å². The third-order valence-electron chi connectivity index (χ3n) is 2.27. The minimum absolute atomic E-state index is 0.496. The summed E-state index contributed by atoms with van der Waals surface area (Å²) in [6.07, 6.45) is 1.72. The lowest BCUT2D eigenvalue weighted by Crippen LogP contribution is -1.89. The fraction of sp³-hybridized carbons (Fsp3) is 0.154. The number of hydrogen-bond donors (Lipinski definition) is 0. The predicted molar refractivity (Wildman–Crippen MR) is 63.0 cm³/mol. The van der Waals surface area contributed by atoms with Crippen molar-refractivity contribution >= 4 is 5.69 Å². The Labute approximate surface area is 94.9 Å². The van der Waals surface area contributed by atoms with Gasteiger partial charge in [0.1, 0.15) is 11.5 Å². The quantitative estimate of drug-likeness (QED) is 0.767. The molecule has 0 aliphatic carbocycles. The summed E-state index contributed by atoms with van der Waals surface area (Å²) in [5.41, 5.74) is 9.86. The summed E-state index contributed by atoms with van der Waals surface area (Å²) >= 11 is 0. The average molecular weight is 213 g/mol. The summed E-state index contributed by atoms with van der Waals surface area (Å²) < 4.78 is 5.72. The van der Waals surface area contributed by atoms with Gasteiger partial charge in [-0.3, -0.25) is 4.98 Å². The number of hydrogen-bond acceptors (Lipinski definition) is 2. The Morgan fingerprint density at radius 1 is 1.12 bits per heavy atom. The first-order valence-electron chi connectivity index (χ1n) is 5.08. The summed E-state index contributed by atoms with van der Waals surface area (Å²) in [6.45, 7) is 3.86. The normalized spacial score (nSPS) is 10.1. The molecule has 0 aliphatic heterocycles. The minimum atomic E-state index is 0.496. The highest BCUT2D eigenvalue weighted by Gasteiger charge is 2.02. The van der Waals surface area contributed by atoms with Crippen LogP contribution in [0.4, 0.5) is 5.69 Å². The highest BCUT2D eigenvalue weighted by Crippen LogP contribution is 2.26. The van der Waals surface area contributed by atoms with E-state index in [1.54, 1.807) is 18.3 Å². The number of rotatable bonds is 2. The van der Waals surface area contributed by atoms with Crippen molar-refractivity contribution in [3.05, 3.63) is 47.8 Å². The number of aryl methyl sites for hydroxylation is 2. The van der Waals surface area contributed by atoms with Gasteiger partial charge in [-0.05, 0) is 43.7 Å². The molecule has 1 aromatic carbocycles. The average Bonchev–Trinajstić information content (AvgIpc) is 2.22. The number of nitrogens with one attached hydrogen (secondary N) is 1. The van der Waals surface area contributed by atoms with Crippen molar-refractivity contribution in [1.29, 1.82) is 0 Å². The summed E-state index contributed by atoms with van der Waals surface area (Å²) in [5, 5.41) is 0. The first kappa shape index (κ1) is 10.5. The molecule has 0 saturated heterocycles. The number of ether oxygens (including phenoxy) is 1. The largest absolute Gasteiger partial charge is 0.457 e. The van der Waals surface area contributed by atoms with Crippen LogP contribution in [0.5, 0.6) is 11.5 Å². The second-order valence-electron chi connectivity index (χ2n) is 3.72. The molecule has 1 radical (unpaired) electrons. The lowest BCUT2D eigenvalue weighted by molar-refractivity contribution is 0.477. The van der Waals surface area contributed by atoms with Gasteiger partial charge < -0.3 is 10.5 Å². The molecule has 16 heavy (non-hydrogen) atoms. The van der Waals surface area contributed by atoms with E-state index >= 15 is 0 Å². The van der Waals surface area contributed by atoms with Crippen LogP contribution in [0.1, 0.15) is 11.3 Å². The molecule has 0 saturated carbocycles. The first-order chi connectivity index (χ1) is 7.65. The molecular weight excluding hydrogens is 200 g/mol. The van der Waals surface area contributed by atoms with Gasteiger partial charge in [-0.1, -0.05) is 0 Å². The van der Waals surface area contributed by atoms with E-state index in [-0.39, 0.29) is 0 Å². The zero-order chi connectivity index (χ0) is 11.5. The SMILES string of the molecule is Cc1cc(Oc2ccc([NH])cc2C)ccn1. The van der Waals surface area contributed by atoms with Gasteiger partial charge in [0.2, 0.25) is 0 Å². The molecule has 1 heterocycles. The molecule has 0 fully saturated rings. The van der Waals surface area contributed by atoms with Crippen molar-refractivity contribution in [3.8, 4) is 11.5 Å². The molecule has 2 aromatic rings. The summed E-state index contributed by atoms with van der Waals surface area (Å²) in [7, 11) is 0. The van der Waals surface area contributed by atoms with Crippen LogP contribution in [-0.2, 0) is 0 Å². The lowest BCUT2D eigenvalue weighted by atomic mass is 10.2. The van der Waals surface area contributed by atoms with Gasteiger partial charge in [0, 0.05) is 18.0 Å². The van der Waals surface area contributed by atoms with Gasteiger partial charge in [-0.2, -0.15) is 0 Å². The van der Waals surface area contributed by atoms with Crippen molar-refractivity contribution in [2.24, 2.45) is 0 Å². The Morgan fingerprint density at radius 3 is 2.62 bits per heavy atom. The lowest BCUT2D eigenvalue weighted by Gasteiger charge is -2.09. The number of pyridine rings is 1. The maximum Gasteiger partial charge on any atom is 0.130 e. The highest BCUT2D eigenvalue weighted by atomic mass is 16.5. The van der Waals surface area contributed by atoms with Crippen molar-refractivity contribution in [1.82, 2.24) is 10.7 Å². The van der Waals surface area contributed by atoms with Gasteiger partial charge in [0.15, 0.2) is 0 Å². The van der Waals surface area contributed by atoms with Gasteiger partial charge in [0.05, 0.1) is 5.69 Å². The van der Waals surface area contributed by atoms with E-state index in [2.05, 4.69) is 4.98 Å². The molecule has 3 nitrogen and oxygen atoms in total. The maximum atomic E-state index is 7.48. The van der Waals surface area contributed by atoms with Crippen LogP contribution in [0.2, 0.25) is 0 Å². The van der Waals surface area contributed by atoms with E-state index in [9.17, 15) is 0 Å². The summed E-state index contributed by atoms with van der Waals surface area (Å²) in [6, 6.07) is 9.02.